The molecule has 2 N–H and O–H groups in total. The highest BCUT2D eigenvalue weighted by atomic mass is 16.3. The third kappa shape index (κ3) is 4.34. The fourth-order valence-corrected chi connectivity index (χ4v) is 6.06. The van der Waals surface area contributed by atoms with Crippen molar-refractivity contribution >= 4 is 27.8 Å². The molecular formula is C28H35N7O. The Kier molecular flexibility index (Phi) is 6.56. The molecule has 2 atom stereocenters. The number of aliphatic hydroxyl groups is 1. The van der Waals surface area contributed by atoms with E-state index in [1.54, 1.807) is 12.7 Å². The summed E-state index contributed by atoms with van der Waals surface area (Å²) in [5, 5.41) is 14.1. The first kappa shape index (κ1) is 23.3. The zero-order valence-corrected chi connectivity index (χ0v) is 21.0. The highest BCUT2D eigenvalue weighted by Gasteiger charge is 2.34. The van der Waals surface area contributed by atoms with Gasteiger partial charge < -0.3 is 19.9 Å². The van der Waals surface area contributed by atoms with Gasteiger partial charge in [0, 0.05) is 39.3 Å². The summed E-state index contributed by atoms with van der Waals surface area (Å²) < 4.78 is 0. The molecule has 2 aliphatic heterocycles. The number of hydrogen-bond acceptors (Lipinski definition) is 7. The van der Waals surface area contributed by atoms with Gasteiger partial charge in [-0.3, -0.25) is 4.90 Å². The third-order valence-corrected chi connectivity index (χ3v) is 7.90. The van der Waals surface area contributed by atoms with Crippen molar-refractivity contribution in [3.8, 4) is 0 Å². The highest BCUT2D eigenvalue weighted by Crippen LogP contribution is 2.37. The van der Waals surface area contributed by atoms with Crippen molar-refractivity contribution < 1.29 is 5.11 Å². The molecule has 6 rings (SSSR count). The number of nitrogens with zero attached hydrogens (tertiary/aromatic N) is 6. The van der Waals surface area contributed by atoms with Crippen molar-refractivity contribution in [2.75, 3.05) is 44.2 Å². The monoisotopic (exact) mass is 485 g/mol. The van der Waals surface area contributed by atoms with Gasteiger partial charge in [0.15, 0.2) is 11.5 Å². The molecule has 0 bridgehead atoms. The molecule has 2 saturated heterocycles. The lowest BCUT2D eigenvalue weighted by molar-refractivity contribution is 0.127. The molecule has 8 nitrogen and oxygen atoms in total. The Labute approximate surface area is 212 Å². The van der Waals surface area contributed by atoms with Crippen LogP contribution in [0.2, 0.25) is 0 Å². The second-order valence-electron chi connectivity index (χ2n) is 10.1. The van der Waals surface area contributed by atoms with Crippen LogP contribution in [0.4, 0.5) is 5.82 Å². The second-order valence-corrected chi connectivity index (χ2v) is 10.1. The fourth-order valence-electron chi connectivity index (χ4n) is 6.06. The van der Waals surface area contributed by atoms with Gasteiger partial charge in [0.05, 0.1) is 18.5 Å². The second kappa shape index (κ2) is 10.1. The number of fused-ring (bicyclic) bond motifs is 2. The molecule has 4 aromatic rings. The first-order valence-corrected chi connectivity index (χ1v) is 13.3. The molecule has 8 heteroatoms. The van der Waals surface area contributed by atoms with E-state index < -0.39 is 6.10 Å². The zero-order valence-electron chi connectivity index (χ0n) is 21.0. The molecule has 0 aliphatic carbocycles. The molecule has 0 amide bonds. The van der Waals surface area contributed by atoms with Crippen molar-refractivity contribution in [2.24, 2.45) is 0 Å². The van der Waals surface area contributed by atoms with Crippen LogP contribution in [-0.2, 0) is 6.54 Å². The van der Waals surface area contributed by atoms with E-state index in [1.165, 1.54) is 23.9 Å². The van der Waals surface area contributed by atoms with Gasteiger partial charge in [-0.05, 0) is 47.7 Å². The van der Waals surface area contributed by atoms with E-state index in [-0.39, 0.29) is 6.04 Å². The summed E-state index contributed by atoms with van der Waals surface area (Å²) in [4.78, 5) is 23.7. The quantitative estimate of drug-likeness (QED) is 0.413. The molecule has 1 unspecified atom stereocenters. The molecule has 2 fully saturated rings. The topological polar surface area (TPSA) is 84.4 Å². The van der Waals surface area contributed by atoms with Gasteiger partial charge >= 0.3 is 0 Å². The van der Waals surface area contributed by atoms with Gasteiger partial charge in [-0.2, -0.15) is 0 Å². The van der Waals surface area contributed by atoms with E-state index in [0.29, 0.717) is 0 Å². The van der Waals surface area contributed by atoms with Crippen LogP contribution in [0.3, 0.4) is 0 Å². The Bertz CT molecular complexity index is 1330. The van der Waals surface area contributed by atoms with Crippen molar-refractivity contribution in [1.29, 1.82) is 0 Å². The van der Waals surface area contributed by atoms with Crippen LogP contribution in [0.25, 0.3) is 21.9 Å². The Morgan fingerprint density at radius 3 is 2.61 bits per heavy atom. The van der Waals surface area contributed by atoms with Crippen LogP contribution in [0.1, 0.15) is 43.4 Å². The lowest BCUT2D eigenvalue weighted by Gasteiger charge is -2.35. The number of piperazine rings is 1. The predicted molar refractivity (Wildman–Crippen MR) is 143 cm³/mol. The number of nitrogens with one attached hydrogen (secondary N) is 1. The molecule has 188 valence electrons. The number of rotatable bonds is 7. The van der Waals surface area contributed by atoms with Crippen molar-refractivity contribution in [3.63, 3.8) is 0 Å². The van der Waals surface area contributed by atoms with Crippen LogP contribution >= 0.6 is 0 Å². The maximum atomic E-state index is 11.7. The normalized spacial score (nSPS) is 20.5. The molecule has 2 aromatic heterocycles. The van der Waals surface area contributed by atoms with E-state index in [9.17, 15) is 5.11 Å². The minimum Gasteiger partial charge on any atom is -0.386 e. The summed E-state index contributed by atoms with van der Waals surface area (Å²) in [6.45, 7) is 9.75. The molecule has 0 saturated carbocycles. The van der Waals surface area contributed by atoms with Crippen LogP contribution in [-0.4, -0.2) is 80.2 Å². The van der Waals surface area contributed by atoms with E-state index in [1.807, 2.05) is 0 Å². The number of anilines is 1. The van der Waals surface area contributed by atoms with Crippen LogP contribution in [0.15, 0.2) is 49.1 Å². The summed E-state index contributed by atoms with van der Waals surface area (Å²) in [7, 11) is 0. The molecule has 0 spiro atoms. The van der Waals surface area contributed by atoms with Gasteiger partial charge in [0.1, 0.15) is 11.8 Å². The van der Waals surface area contributed by atoms with Gasteiger partial charge in [-0.15, -0.1) is 0 Å². The first-order chi connectivity index (χ1) is 17.7. The highest BCUT2D eigenvalue weighted by molar-refractivity contribution is 5.89. The smallest absolute Gasteiger partial charge is 0.162 e. The van der Waals surface area contributed by atoms with Crippen molar-refractivity contribution in [1.82, 2.24) is 29.7 Å². The minimum absolute atomic E-state index is 0.0549. The minimum atomic E-state index is -0.618. The number of imidazole rings is 1. The van der Waals surface area contributed by atoms with E-state index in [2.05, 4.69) is 78.0 Å². The number of hydrogen-bond donors (Lipinski definition) is 2. The molecule has 2 aliphatic rings. The molecular weight excluding hydrogens is 450 g/mol. The molecule has 0 radical (unpaired) electrons. The summed E-state index contributed by atoms with van der Waals surface area (Å²) in [5.74, 6) is 0.797. The maximum absolute atomic E-state index is 11.7. The Morgan fingerprint density at radius 2 is 1.78 bits per heavy atom. The van der Waals surface area contributed by atoms with E-state index in [0.717, 1.165) is 80.0 Å². The lowest BCUT2D eigenvalue weighted by Crippen LogP contribution is -2.46. The number of aliphatic hydroxyl groups excluding tert-OH is 1. The molecule has 2 aromatic carbocycles. The Balaban J connectivity index is 1.27. The SMILES string of the molecule is CCCN1CCN(Cc2ccc(C(O)[C@H]3CCCN3c3ncnc4[nH]cnc34)c3ccccc23)CC1. The van der Waals surface area contributed by atoms with Crippen LogP contribution in [0.5, 0.6) is 0 Å². The number of benzene rings is 2. The van der Waals surface area contributed by atoms with Crippen LogP contribution < -0.4 is 4.90 Å². The maximum Gasteiger partial charge on any atom is 0.162 e. The number of H-pyrrole nitrogens is 1. The average molecular weight is 486 g/mol. The summed E-state index contributed by atoms with van der Waals surface area (Å²) >= 11 is 0. The van der Waals surface area contributed by atoms with Gasteiger partial charge in [-0.25, -0.2) is 15.0 Å². The third-order valence-electron chi connectivity index (χ3n) is 7.90. The molecule has 36 heavy (non-hydrogen) atoms. The number of aromatic amines is 1. The predicted octanol–water partition coefficient (Wildman–Crippen LogP) is 3.74. The Morgan fingerprint density at radius 1 is 0.972 bits per heavy atom. The summed E-state index contributed by atoms with van der Waals surface area (Å²) in [5.41, 5.74) is 3.82. The van der Waals surface area contributed by atoms with Crippen molar-refractivity contribution in [2.45, 2.75) is 44.9 Å². The largest absolute Gasteiger partial charge is 0.386 e. The molecule has 4 heterocycles. The summed E-state index contributed by atoms with van der Waals surface area (Å²) in [6.07, 6.45) is 5.75. The van der Waals surface area contributed by atoms with Gasteiger partial charge in [0.2, 0.25) is 0 Å². The zero-order chi connectivity index (χ0) is 24.5. The standard InChI is InChI=1S/C28H35N7O/c1-2-11-33-13-15-34(16-14-33)17-20-9-10-23(22-7-4-3-6-21(20)22)26(36)24-8-5-12-35(24)28-25-27(30-18-29-25)31-19-32-28/h3-4,6-7,9-10,18-19,24,26,36H,2,5,8,11-17H2,1H3,(H,29,30,31,32)/t24-,26?/m1/s1. The van der Waals surface area contributed by atoms with Gasteiger partial charge in [-0.1, -0.05) is 43.3 Å². The van der Waals surface area contributed by atoms with Gasteiger partial charge in [0.25, 0.3) is 0 Å². The average Bonchev–Trinajstić information content (AvgIpc) is 3.60. The fraction of sp³-hybridized carbons (Fsp3) is 0.464. The van der Waals surface area contributed by atoms with Crippen molar-refractivity contribution in [3.05, 3.63) is 60.2 Å². The first-order valence-electron chi connectivity index (χ1n) is 13.3. The lowest BCUT2D eigenvalue weighted by atomic mass is 9.92. The van der Waals surface area contributed by atoms with Crippen LogP contribution in [0, 0.1) is 0 Å². The Hall–Kier alpha value is -3.07. The van der Waals surface area contributed by atoms with E-state index >= 15 is 0 Å². The number of aromatic nitrogens is 4. The summed E-state index contributed by atoms with van der Waals surface area (Å²) in [6, 6.07) is 12.9. The van der Waals surface area contributed by atoms with E-state index in [4.69, 9.17) is 0 Å².